The number of pyridine rings is 1. The van der Waals surface area contributed by atoms with E-state index in [4.69, 9.17) is 9.84 Å². The third-order valence-corrected chi connectivity index (χ3v) is 8.19. The zero-order valence-electron chi connectivity index (χ0n) is 26.9. The number of nitrogens with zero attached hydrogens (tertiary/aromatic N) is 4. The predicted molar refractivity (Wildman–Crippen MR) is 178 cm³/mol. The van der Waals surface area contributed by atoms with Gasteiger partial charge in [-0.2, -0.15) is 17.2 Å². The fourth-order valence-electron chi connectivity index (χ4n) is 6.16. The number of fused-ring (bicyclic) bond motifs is 3. The molecule has 0 aliphatic carbocycles. The summed E-state index contributed by atoms with van der Waals surface area (Å²) in [5.74, 6) is -1.63. The largest absolute Gasteiger partial charge is 2.00 e. The van der Waals surface area contributed by atoms with Crippen molar-refractivity contribution < 1.29 is 39.0 Å². The first kappa shape index (κ1) is 33.2. The molecule has 4 aromatic carbocycles. The van der Waals surface area contributed by atoms with Crippen molar-refractivity contribution in [2.24, 2.45) is 0 Å². The van der Waals surface area contributed by atoms with E-state index in [9.17, 15) is 4.39 Å². The van der Waals surface area contributed by atoms with Gasteiger partial charge in [0.25, 0.3) is 0 Å². The van der Waals surface area contributed by atoms with Crippen LogP contribution >= 0.6 is 0 Å². The Hall–Kier alpha value is -4.68. The number of hydrogen-bond donors (Lipinski definition) is 0. The Morgan fingerprint density at radius 2 is 1.48 bits per heavy atom. The smallest absolute Gasteiger partial charge is 0.509 e. The maximum atomic E-state index is 15.2. The Morgan fingerprint density at radius 3 is 2.19 bits per heavy atom. The maximum Gasteiger partial charge on any atom is 2.00 e. The van der Waals surface area contributed by atoms with Crippen LogP contribution in [-0.2, 0) is 21.1 Å². The average Bonchev–Trinajstić information content (AvgIpc) is 3.58. The average molecular weight is 824 g/mol. The third-order valence-electron chi connectivity index (χ3n) is 8.19. The molecule has 0 saturated heterocycles. The van der Waals surface area contributed by atoms with Gasteiger partial charge in [0, 0.05) is 40.9 Å². The Balaban J connectivity index is 0.00000401. The number of aromatic nitrogens is 4. The van der Waals surface area contributed by atoms with Crippen LogP contribution in [0, 0.1) is 36.5 Å². The third kappa shape index (κ3) is 5.83. The molecule has 0 N–H and O–H groups in total. The molecular weight excluding hydrogens is 793 g/mol. The van der Waals surface area contributed by atoms with Gasteiger partial charge in [-0.3, -0.25) is 4.68 Å². The van der Waals surface area contributed by atoms with E-state index in [0.717, 1.165) is 33.2 Å². The van der Waals surface area contributed by atoms with Crippen LogP contribution < -0.4 is 4.74 Å². The van der Waals surface area contributed by atoms with E-state index in [0.29, 0.717) is 46.3 Å². The molecule has 0 saturated carbocycles. The molecule has 244 valence electrons. The predicted octanol–water partition coefficient (Wildman–Crippen LogP) is 10.4. The van der Waals surface area contributed by atoms with Crippen molar-refractivity contribution in [3.05, 3.63) is 132 Å². The van der Waals surface area contributed by atoms with Gasteiger partial charge < -0.3 is 9.30 Å². The second-order valence-electron chi connectivity index (χ2n) is 12.2. The molecule has 0 amide bonds. The quantitative estimate of drug-likeness (QED) is 0.150. The molecule has 3 aromatic heterocycles. The van der Waals surface area contributed by atoms with Crippen LogP contribution in [0.15, 0.2) is 85.1 Å². The number of hydrogen-bond acceptors (Lipinski definition) is 3. The first-order valence-corrected chi connectivity index (χ1v) is 15.5. The van der Waals surface area contributed by atoms with Crippen LogP contribution in [0.3, 0.4) is 0 Å². The van der Waals surface area contributed by atoms with Crippen molar-refractivity contribution in [1.29, 1.82) is 0 Å². The van der Waals surface area contributed by atoms with Gasteiger partial charge in [-0.15, -0.1) is 35.7 Å². The van der Waals surface area contributed by atoms with Gasteiger partial charge in [-0.05, 0) is 53.6 Å². The minimum Gasteiger partial charge on any atom is -0.509 e. The van der Waals surface area contributed by atoms with E-state index in [1.54, 1.807) is 16.9 Å². The summed E-state index contributed by atoms with van der Waals surface area (Å²) in [6, 6.07) is 29.6. The second kappa shape index (κ2) is 13.1. The van der Waals surface area contributed by atoms with Crippen molar-refractivity contribution in [2.75, 3.05) is 0 Å². The fraction of sp³-hybridized carbons (Fsp3) is 0.179. The molecule has 48 heavy (non-hydrogen) atoms. The number of benzene rings is 4. The Labute approximate surface area is 291 Å². The molecule has 9 heteroatoms. The van der Waals surface area contributed by atoms with Crippen molar-refractivity contribution >= 4 is 21.8 Å². The zero-order chi connectivity index (χ0) is 33.0. The van der Waals surface area contributed by atoms with Gasteiger partial charge in [0.2, 0.25) is 0 Å². The molecule has 0 aliphatic rings. The van der Waals surface area contributed by atoms with Gasteiger partial charge in [-0.1, -0.05) is 51.4 Å². The fourth-order valence-corrected chi connectivity index (χ4v) is 6.16. The van der Waals surface area contributed by atoms with Gasteiger partial charge in [0.1, 0.15) is 23.3 Å². The van der Waals surface area contributed by atoms with Gasteiger partial charge >= 0.3 is 21.1 Å². The van der Waals surface area contributed by atoms with E-state index >= 15 is 8.78 Å². The molecule has 0 radical (unpaired) electrons. The minimum absolute atomic E-state index is 0. The van der Waals surface area contributed by atoms with E-state index in [1.807, 2.05) is 83.1 Å². The van der Waals surface area contributed by atoms with E-state index in [1.165, 1.54) is 0 Å². The Kier molecular flexibility index (Phi) is 9.05. The molecule has 5 nitrogen and oxygen atoms in total. The van der Waals surface area contributed by atoms with Crippen LogP contribution in [0.2, 0.25) is 0 Å². The number of rotatable bonds is 7. The molecule has 7 aromatic rings. The first-order valence-electron chi connectivity index (χ1n) is 15.5. The molecule has 0 atom stereocenters. The summed E-state index contributed by atoms with van der Waals surface area (Å²) in [6.07, 6.45) is 1.79. The summed E-state index contributed by atoms with van der Waals surface area (Å²) < 4.78 is 54.3. The van der Waals surface area contributed by atoms with Crippen LogP contribution in [-0.4, -0.2) is 19.3 Å². The number of halogens is 3. The second-order valence-corrected chi connectivity index (χ2v) is 12.2. The molecule has 0 unspecified atom stereocenters. The summed E-state index contributed by atoms with van der Waals surface area (Å²) in [5.41, 5.74) is 4.55. The Morgan fingerprint density at radius 1 is 0.750 bits per heavy atom. The summed E-state index contributed by atoms with van der Waals surface area (Å²) in [6.45, 7) is 9.69. The number of aryl methyl sites for hydroxylation is 1. The summed E-state index contributed by atoms with van der Waals surface area (Å²) in [5, 5.41) is 6.92. The monoisotopic (exact) mass is 823 g/mol. The van der Waals surface area contributed by atoms with Crippen LogP contribution in [0.25, 0.3) is 44.4 Å². The zero-order valence-corrected chi connectivity index (χ0v) is 29.2. The first-order chi connectivity index (χ1) is 22.6. The van der Waals surface area contributed by atoms with Crippen molar-refractivity contribution in [1.82, 2.24) is 19.3 Å². The van der Waals surface area contributed by atoms with Gasteiger partial charge in [-0.25, -0.2) is 18.2 Å². The summed E-state index contributed by atoms with van der Waals surface area (Å²) >= 11 is 0. The van der Waals surface area contributed by atoms with E-state index in [2.05, 4.69) is 33.8 Å². The van der Waals surface area contributed by atoms with Crippen LogP contribution in [0.5, 0.6) is 11.5 Å². The molecule has 0 aliphatic heterocycles. The molecule has 0 spiro atoms. The standard InChI is InChI=1S/C39H31F3N4O.Pt/c1-22(2)38-37(36-31(41)18-25(40)19-32(36)42)39(23(3)4)46(44-38)26-9-8-10-27(20-26)47-28-13-14-30-29-11-6-7-12-33(29)45(34(30)21-28)35-17-24(5)15-16-43-35;/h6-19,22-23H,1-5H3;/q-2;+2. The molecule has 0 bridgehead atoms. The van der Waals surface area contributed by atoms with Gasteiger partial charge in [0.05, 0.1) is 17.0 Å². The van der Waals surface area contributed by atoms with Crippen molar-refractivity contribution in [3.8, 4) is 34.1 Å². The minimum atomic E-state index is -0.976. The van der Waals surface area contributed by atoms with Crippen LogP contribution in [0.4, 0.5) is 13.2 Å². The maximum absolute atomic E-state index is 15.2. The molecule has 0 fully saturated rings. The van der Waals surface area contributed by atoms with E-state index < -0.39 is 17.5 Å². The molecule has 3 heterocycles. The number of para-hydroxylation sites is 1. The SMILES string of the molecule is Cc1ccnc(-n2c3[c-]c(Oc4[c-]c(-n5nc(C(C)C)c(-c6c(F)cc(F)cc6F)c5C(C)C)ccc4)ccc3c3ccccc32)c1.[Pt+2]. The van der Waals surface area contributed by atoms with Crippen LogP contribution in [0.1, 0.15) is 56.5 Å². The normalized spacial score (nSPS) is 11.5. The van der Waals surface area contributed by atoms with Crippen molar-refractivity contribution in [3.63, 3.8) is 0 Å². The summed E-state index contributed by atoms with van der Waals surface area (Å²) in [4.78, 5) is 4.64. The van der Waals surface area contributed by atoms with Crippen molar-refractivity contribution in [2.45, 2.75) is 46.5 Å². The molecular formula is C39H31F3N4OPt. The number of ether oxygens (including phenoxy) is 1. The Bertz CT molecular complexity index is 2280. The molecule has 7 rings (SSSR count). The van der Waals surface area contributed by atoms with E-state index in [-0.39, 0.29) is 38.5 Å². The summed E-state index contributed by atoms with van der Waals surface area (Å²) in [7, 11) is 0. The van der Waals surface area contributed by atoms with Gasteiger partial charge in [0.15, 0.2) is 0 Å². The topological polar surface area (TPSA) is 44.9 Å².